The molecule has 2 aromatic heterocycles. The molecule has 130 valence electrons. The zero-order chi connectivity index (χ0) is 17.0. The van der Waals surface area contributed by atoms with Gasteiger partial charge in [-0.3, -0.25) is 0 Å². The van der Waals surface area contributed by atoms with Crippen LogP contribution in [0.25, 0.3) is 11.5 Å². The van der Waals surface area contributed by atoms with E-state index in [0.29, 0.717) is 5.89 Å². The van der Waals surface area contributed by atoms with Gasteiger partial charge in [-0.25, -0.2) is 14.8 Å². The smallest absolute Gasteiger partial charge is 0.357 e. The van der Waals surface area contributed by atoms with Gasteiger partial charge in [0, 0.05) is 17.3 Å². The highest BCUT2D eigenvalue weighted by atomic mass is 16.4. The molecule has 0 aliphatic heterocycles. The Morgan fingerprint density at radius 1 is 1.20 bits per heavy atom. The van der Waals surface area contributed by atoms with E-state index in [-0.39, 0.29) is 11.2 Å². The third kappa shape index (κ3) is 2.60. The van der Waals surface area contributed by atoms with Crippen molar-refractivity contribution in [3.63, 3.8) is 0 Å². The van der Waals surface area contributed by atoms with Crippen LogP contribution in [0.1, 0.15) is 49.0 Å². The summed E-state index contributed by atoms with van der Waals surface area (Å²) in [5, 5.41) is 12.7. The molecule has 2 aromatic rings. The van der Waals surface area contributed by atoms with Crippen LogP contribution in [0.5, 0.6) is 0 Å². The molecule has 6 nitrogen and oxygen atoms in total. The van der Waals surface area contributed by atoms with Crippen LogP contribution in [0.2, 0.25) is 0 Å². The molecule has 0 unspecified atom stereocenters. The molecule has 0 spiro atoms. The Bertz CT molecular complexity index is 794. The highest BCUT2D eigenvalue weighted by molar-refractivity contribution is 5.85. The number of pyridine rings is 1. The van der Waals surface area contributed by atoms with Crippen molar-refractivity contribution in [1.29, 1.82) is 0 Å². The van der Waals surface area contributed by atoms with Gasteiger partial charge in [0.2, 0.25) is 5.89 Å². The first kappa shape index (κ1) is 14.9. The number of carboxylic acids is 1. The minimum absolute atomic E-state index is 0.0811. The second-order valence-corrected chi connectivity index (χ2v) is 8.10. The van der Waals surface area contributed by atoms with E-state index in [2.05, 4.69) is 15.3 Å². The summed E-state index contributed by atoms with van der Waals surface area (Å²) in [5.74, 6) is 2.66. The van der Waals surface area contributed by atoms with Gasteiger partial charge in [-0.05, 0) is 68.4 Å². The maximum atomic E-state index is 11.0. The van der Waals surface area contributed by atoms with E-state index in [1.54, 1.807) is 12.3 Å². The molecular formula is C19H21N3O3. The lowest BCUT2D eigenvalue weighted by Crippen LogP contribution is -2.54. The lowest BCUT2D eigenvalue weighted by Gasteiger charge is -2.57. The molecular weight excluding hydrogens is 318 g/mol. The summed E-state index contributed by atoms with van der Waals surface area (Å²) in [6.45, 7) is 0. The predicted octanol–water partition coefficient (Wildman–Crippen LogP) is 3.82. The van der Waals surface area contributed by atoms with Crippen LogP contribution in [-0.2, 0) is 0 Å². The largest absolute Gasteiger partial charge is 0.476 e. The van der Waals surface area contributed by atoms with Crippen molar-refractivity contribution in [2.45, 2.75) is 44.1 Å². The summed E-state index contributed by atoms with van der Waals surface area (Å²) in [6.07, 6.45) is 10.8. The summed E-state index contributed by atoms with van der Waals surface area (Å²) in [7, 11) is 0. The van der Waals surface area contributed by atoms with Crippen LogP contribution in [0.3, 0.4) is 0 Å². The Balaban J connectivity index is 1.41. The minimum Gasteiger partial charge on any atom is -0.476 e. The molecule has 6 heteroatoms. The van der Waals surface area contributed by atoms with Crippen LogP contribution < -0.4 is 5.32 Å². The van der Waals surface area contributed by atoms with Gasteiger partial charge in [0.25, 0.3) is 0 Å². The SMILES string of the molecule is O=C(O)c1coc(-c2ccnc(NC34CC5CC(CC(C5)C3)C4)c2)n1. The lowest BCUT2D eigenvalue weighted by molar-refractivity contribution is 0.0105. The molecule has 4 aliphatic rings. The van der Waals surface area contributed by atoms with Gasteiger partial charge in [-0.1, -0.05) is 0 Å². The maximum Gasteiger partial charge on any atom is 0.357 e. The van der Waals surface area contributed by atoms with Crippen LogP contribution in [0.15, 0.2) is 29.0 Å². The first-order valence-electron chi connectivity index (χ1n) is 9.02. The Morgan fingerprint density at radius 3 is 2.48 bits per heavy atom. The summed E-state index contributed by atoms with van der Waals surface area (Å²) in [5.41, 5.74) is 0.848. The van der Waals surface area contributed by atoms with E-state index in [1.807, 2.05) is 6.07 Å². The van der Waals surface area contributed by atoms with E-state index in [9.17, 15) is 4.79 Å². The second kappa shape index (κ2) is 5.31. The molecule has 0 amide bonds. The third-order valence-electron chi connectivity index (χ3n) is 6.16. The van der Waals surface area contributed by atoms with Crippen molar-refractivity contribution < 1.29 is 14.3 Å². The van der Waals surface area contributed by atoms with E-state index in [1.165, 1.54) is 44.8 Å². The van der Waals surface area contributed by atoms with Gasteiger partial charge in [-0.2, -0.15) is 0 Å². The zero-order valence-electron chi connectivity index (χ0n) is 13.9. The zero-order valence-corrected chi connectivity index (χ0v) is 13.9. The van der Waals surface area contributed by atoms with Gasteiger partial charge < -0.3 is 14.8 Å². The number of aromatic nitrogens is 2. The molecule has 0 aromatic carbocycles. The second-order valence-electron chi connectivity index (χ2n) is 8.10. The van der Waals surface area contributed by atoms with E-state index < -0.39 is 5.97 Å². The number of carboxylic acid groups (broad SMARTS) is 1. The van der Waals surface area contributed by atoms with E-state index in [0.717, 1.165) is 29.1 Å². The number of carbonyl (C=O) groups is 1. The van der Waals surface area contributed by atoms with Crippen LogP contribution in [-0.4, -0.2) is 26.6 Å². The molecule has 25 heavy (non-hydrogen) atoms. The molecule has 0 atom stereocenters. The van der Waals surface area contributed by atoms with Crippen LogP contribution >= 0.6 is 0 Å². The van der Waals surface area contributed by atoms with Gasteiger partial charge in [0.1, 0.15) is 12.1 Å². The molecule has 0 saturated heterocycles. The highest BCUT2D eigenvalue weighted by Crippen LogP contribution is 2.56. The standard InChI is InChI=1S/C19H21N3O3/c23-18(24)15-10-25-17(21-15)14-1-2-20-16(6-14)22-19-7-11-3-12(8-19)5-13(4-11)9-19/h1-2,6,10-13H,3-5,7-9H2,(H,20,22)(H,23,24). The first-order chi connectivity index (χ1) is 12.1. The summed E-state index contributed by atoms with van der Waals surface area (Å²) in [6, 6.07) is 3.71. The number of aromatic carboxylic acids is 1. The summed E-state index contributed by atoms with van der Waals surface area (Å²) >= 11 is 0. The quantitative estimate of drug-likeness (QED) is 0.880. The number of hydrogen-bond donors (Lipinski definition) is 2. The lowest BCUT2D eigenvalue weighted by atomic mass is 9.53. The van der Waals surface area contributed by atoms with Crippen molar-refractivity contribution in [1.82, 2.24) is 9.97 Å². The van der Waals surface area contributed by atoms with Gasteiger partial charge in [0.15, 0.2) is 5.69 Å². The monoisotopic (exact) mass is 339 g/mol. The average molecular weight is 339 g/mol. The molecule has 4 aliphatic carbocycles. The fraction of sp³-hybridized carbons (Fsp3) is 0.526. The van der Waals surface area contributed by atoms with Crippen molar-refractivity contribution in [3.05, 3.63) is 30.3 Å². The molecule has 4 fully saturated rings. The molecule has 2 heterocycles. The Hall–Kier alpha value is -2.37. The van der Waals surface area contributed by atoms with Crippen molar-refractivity contribution in [2.75, 3.05) is 5.32 Å². The Morgan fingerprint density at radius 2 is 1.88 bits per heavy atom. The molecule has 4 saturated carbocycles. The summed E-state index contributed by atoms with van der Waals surface area (Å²) < 4.78 is 5.31. The fourth-order valence-corrected chi connectivity index (χ4v) is 5.67. The van der Waals surface area contributed by atoms with Crippen LogP contribution in [0, 0.1) is 17.8 Å². The van der Waals surface area contributed by atoms with E-state index >= 15 is 0 Å². The van der Waals surface area contributed by atoms with Crippen molar-refractivity contribution in [2.24, 2.45) is 17.8 Å². The number of hydrogen-bond acceptors (Lipinski definition) is 5. The van der Waals surface area contributed by atoms with Crippen LogP contribution in [0.4, 0.5) is 5.82 Å². The fourth-order valence-electron chi connectivity index (χ4n) is 5.67. The Kier molecular flexibility index (Phi) is 3.17. The van der Waals surface area contributed by atoms with Gasteiger partial charge in [-0.15, -0.1) is 0 Å². The number of rotatable bonds is 4. The van der Waals surface area contributed by atoms with E-state index in [4.69, 9.17) is 9.52 Å². The summed E-state index contributed by atoms with van der Waals surface area (Å²) in [4.78, 5) is 19.5. The Labute approximate surface area is 145 Å². The molecule has 2 N–H and O–H groups in total. The number of anilines is 1. The molecule has 6 rings (SSSR count). The molecule has 4 bridgehead atoms. The van der Waals surface area contributed by atoms with Crippen molar-refractivity contribution >= 4 is 11.8 Å². The van der Waals surface area contributed by atoms with Gasteiger partial charge in [0.05, 0.1) is 0 Å². The van der Waals surface area contributed by atoms with Crippen molar-refractivity contribution in [3.8, 4) is 11.5 Å². The van der Waals surface area contributed by atoms with Gasteiger partial charge >= 0.3 is 5.97 Å². The minimum atomic E-state index is -1.09. The number of oxazole rings is 1. The maximum absolute atomic E-state index is 11.0. The highest BCUT2D eigenvalue weighted by Gasteiger charge is 2.51. The number of nitrogens with one attached hydrogen (secondary N) is 1. The topological polar surface area (TPSA) is 88.2 Å². The first-order valence-corrected chi connectivity index (χ1v) is 9.02. The molecule has 0 radical (unpaired) electrons. The normalized spacial score (nSPS) is 32.7. The average Bonchev–Trinajstić information content (AvgIpc) is 3.03. The third-order valence-corrected chi connectivity index (χ3v) is 6.16. The number of nitrogens with zero attached hydrogens (tertiary/aromatic N) is 2. The predicted molar refractivity (Wildman–Crippen MR) is 91.2 cm³/mol.